The molecule has 5 heteroatoms. The summed E-state index contributed by atoms with van der Waals surface area (Å²) in [7, 11) is 0. The van der Waals surface area contributed by atoms with Gasteiger partial charge in [-0.15, -0.1) is 0 Å². The molecule has 0 unspecified atom stereocenters. The quantitative estimate of drug-likeness (QED) is 0.638. The van der Waals surface area contributed by atoms with Crippen molar-refractivity contribution in [3.05, 3.63) is 59.2 Å². The maximum atomic E-state index is 12.1. The van der Waals surface area contributed by atoms with Gasteiger partial charge in [-0.2, -0.15) is 0 Å². The summed E-state index contributed by atoms with van der Waals surface area (Å²) in [4.78, 5) is 12.1. The summed E-state index contributed by atoms with van der Waals surface area (Å²) in [5, 5.41) is 0. The summed E-state index contributed by atoms with van der Waals surface area (Å²) in [6.45, 7) is 1.74. The number of epoxide rings is 1. The van der Waals surface area contributed by atoms with Crippen LogP contribution in [0.4, 0.5) is 0 Å². The number of benzene rings is 2. The summed E-state index contributed by atoms with van der Waals surface area (Å²) in [5.41, 5.74) is 9.35. The monoisotopic (exact) mass is 353 g/mol. The molecule has 0 spiro atoms. The lowest BCUT2D eigenvalue weighted by Crippen LogP contribution is -2.16. The molecular formula is C21H23NO4. The lowest BCUT2D eigenvalue weighted by Gasteiger charge is -2.21. The van der Waals surface area contributed by atoms with E-state index in [1.54, 1.807) is 0 Å². The van der Waals surface area contributed by atoms with Gasteiger partial charge < -0.3 is 19.9 Å². The number of hydrogen-bond acceptors (Lipinski definition) is 5. The third-order valence-corrected chi connectivity index (χ3v) is 4.81. The van der Waals surface area contributed by atoms with E-state index in [9.17, 15) is 4.79 Å². The molecule has 5 nitrogen and oxygen atoms in total. The van der Waals surface area contributed by atoms with Crippen LogP contribution < -0.4 is 15.2 Å². The van der Waals surface area contributed by atoms with Crippen molar-refractivity contribution in [1.29, 1.82) is 0 Å². The van der Waals surface area contributed by atoms with Crippen LogP contribution in [0.3, 0.4) is 0 Å². The number of Topliss-reactive ketones (excluding diaryl/α,β-unsaturated/α-hetero) is 1. The van der Waals surface area contributed by atoms with Crippen LogP contribution in [0.1, 0.15) is 35.6 Å². The Morgan fingerprint density at radius 3 is 2.58 bits per heavy atom. The van der Waals surface area contributed by atoms with Crippen molar-refractivity contribution >= 4 is 5.78 Å². The first-order chi connectivity index (χ1) is 12.7. The molecule has 2 N–H and O–H groups in total. The molecule has 136 valence electrons. The van der Waals surface area contributed by atoms with Gasteiger partial charge in [-0.05, 0) is 24.1 Å². The molecule has 0 radical (unpaired) electrons. The molecule has 1 aliphatic carbocycles. The van der Waals surface area contributed by atoms with Crippen molar-refractivity contribution in [3.63, 3.8) is 0 Å². The fourth-order valence-corrected chi connectivity index (χ4v) is 3.34. The molecule has 26 heavy (non-hydrogen) atoms. The fraction of sp³-hybridized carbons (Fsp3) is 0.381. The van der Waals surface area contributed by atoms with Crippen molar-refractivity contribution in [2.24, 2.45) is 5.73 Å². The summed E-state index contributed by atoms with van der Waals surface area (Å²) in [6.07, 6.45) is 1.63. The number of nitrogens with two attached hydrogens (primary N) is 1. The Labute approximate surface area is 153 Å². The predicted octanol–water partition coefficient (Wildman–Crippen LogP) is 2.95. The minimum Gasteiger partial charge on any atom is -0.490 e. The highest BCUT2D eigenvalue weighted by molar-refractivity contribution is 5.81. The minimum absolute atomic E-state index is 0.180. The molecule has 1 aliphatic heterocycles. The lowest BCUT2D eigenvalue weighted by atomic mass is 9.97. The van der Waals surface area contributed by atoms with Crippen LogP contribution in [0, 0.1) is 0 Å². The van der Waals surface area contributed by atoms with Crippen LogP contribution in [0.5, 0.6) is 11.5 Å². The molecule has 0 amide bonds. The Bertz CT molecular complexity index is 786. The highest BCUT2D eigenvalue weighted by Crippen LogP contribution is 2.39. The molecule has 2 aromatic rings. The zero-order valence-electron chi connectivity index (χ0n) is 14.6. The van der Waals surface area contributed by atoms with Gasteiger partial charge in [-0.1, -0.05) is 30.3 Å². The number of rotatable bonds is 6. The van der Waals surface area contributed by atoms with E-state index in [1.807, 2.05) is 42.5 Å². The van der Waals surface area contributed by atoms with E-state index < -0.39 is 0 Å². The number of hydrogen-bond donors (Lipinski definition) is 1. The van der Waals surface area contributed by atoms with E-state index in [-0.39, 0.29) is 17.9 Å². The largest absolute Gasteiger partial charge is 0.490 e. The van der Waals surface area contributed by atoms with E-state index >= 15 is 0 Å². The van der Waals surface area contributed by atoms with Gasteiger partial charge in [0.05, 0.1) is 6.61 Å². The Balaban J connectivity index is 1.62. The Hall–Kier alpha value is -2.37. The van der Waals surface area contributed by atoms with Gasteiger partial charge in [-0.3, -0.25) is 4.79 Å². The third kappa shape index (κ3) is 3.89. The highest BCUT2D eigenvalue weighted by Gasteiger charge is 2.28. The first-order valence-corrected chi connectivity index (χ1v) is 9.05. The molecule has 1 heterocycles. The van der Waals surface area contributed by atoms with Gasteiger partial charge >= 0.3 is 0 Å². The second-order valence-electron chi connectivity index (χ2n) is 6.84. The van der Waals surface area contributed by atoms with Crippen LogP contribution in [-0.4, -0.2) is 25.1 Å². The van der Waals surface area contributed by atoms with Gasteiger partial charge in [0.15, 0.2) is 0 Å². The van der Waals surface area contributed by atoms with Gasteiger partial charge in [0, 0.05) is 30.0 Å². The molecule has 2 atom stereocenters. The van der Waals surface area contributed by atoms with Crippen LogP contribution in [0.2, 0.25) is 0 Å². The van der Waals surface area contributed by atoms with Gasteiger partial charge in [0.1, 0.15) is 36.6 Å². The smallest absolute Gasteiger partial charge is 0.135 e. The summed E-state index contributed by atoms with van der Waals surface area (Å²) in [5.74, 6) is 1.70. The van der Waals surface area contributed by atoms with Crippen molar-refractivity contribution in [1.82, 2.24) is 0 Å². The second kappa shape index (κ2) is 7.48. The first kappa shape index (κ1) is 17.1. The van der Waals surface area contributed by atoms with Crippen molar-refractivity contribution in [2.45, 2.75) is 38.0 Å². The third-order valence-electron chi connectivity index (χ3n) is 4.81. The molecule has 2 aromatic carbocycles. The normalized spacial score (nSPS) is 21.7. The molecule has 2 aliphatic rings. The Morgan fingerprint density at radius 2 is 1.81 bits per heavy atom. The average Bonchev–Trinajstić information content (AvgIpc) is 3.48. The number of ketones is 1. The number of fused-ring (bicyclic) bond motifs is 1. The molecule has 1 fully saturated rings. The van der Waals surface area contributed by atoms with Crippen molar-refractivity contribution in [2.75, 3.05) is 13.2 Å². The molecule has 0 aromatic heterocycles. The van der Waals surface area contributed by atoms with Gasteiger partial charge in [-0.25, -0.2) is 0 Å². The molecule has 0 bridgehead atoms. The second-order valence-corrected chi connectivity index (χ2v) is 6.84. The standard InChI is InChI=1S/C21H23NO4/c22-18-10-15(23)6-7-17-19(26-13-16-12-24-16)8-9-20(21(17)18)25-11-14-4-2-1-3-5-14/h1-5,8-9,16,18H,6-7,10-13,22H2/t16-,18+/m0/s1. The zero-order chi connectivity index (χ0) is 17.9. The molecule has 4 rings (SSSR count). The highest BCUT2D eigenvalue weighted by atomic mass is 16.6. The SMILES string of the molecule is N[C@@H]1CC(=O)CCc2c(OC[C@@H]3CO3)ccc(OCc3ccccc3)c21. The number of ether oxygens (including phenoxy) is 3. The Morgan fingerprint density at radius 1 is 1.04 bits per heavy atom. The summed E-state index contributed by atoms with van der Waals surface area (Å²) >= 11 is 0. The van der Waals surface area contributed by atoms with E-state index in [0.717, 1.165) is 34.8 Å². The van der Waals surface area contributed by atoms with Crippen LogP contribution in [-0.2, 0) is 22.6 Å². The molecular weight excluding hydrogens is 330 g/mol. The van der Waals surface area contributed by atoms with E-state index in [2.05, 4.69) is 0 Å². The van der Waals surface area contributed by atoms with Crippen molar-refractivity contribution < 1.29 is 19.0 Å². The maximum absolute atomic E-state index is 12.1. The molecule has 1 saturated heterocycles. The van der Waals surface area contributed by atoms with E-state index in [1.165, 1.54) is 0 Å². The maximum Gasteiger partial charge on any atom is 0.135 e. The van der Waals surface area contributed by atoms with Gasteiger partial charge in [0.2, 0.25) is 0 Å². The van der Waals surface area contributed by atoms with Crippen LogP contribution in [0.25, 0.3) is 0 Å². The van der Waals surface area contributed by atoms with Gasteiger partial charge in [0.25, 0.3) is 0 Å². The molecule has 0 saturated carbocycles. The van der Waals surface area contributed by atoms with E-state index in [4.69, 9.17) is 19.9 Å². The zero-order valence-corrected chi connectivity index (χ0v) is 14.6. The summed E-state index contributed by atoms with van der Waals surface area (Å²) < 4.78 is 17.2. The topological polar surface area (TPSA) is 74.1 Å². The Kier molecular flexibility index (Phi) is 4.91. The average molecular weight is 353 g/mol. The lowest BCUT2D eigenvalue weighted by molar-refractivity contribution is -0.119. The summed E-state index contributed by atoms with van der Waals surface area (Å²) in [6, 6.07) is 13.5. The van der Waals surface area contributed by atoms with Crippen LogP contribution >= 0.6 is 0 Å². The minimum atomic E-state index is -0.369. The van der Waals surface area contributed by atoms with Crippen molar-refractivity contribution in [3.8, 4) is 11.5 Å². The van der Waals surface area contributed by atoms with Crippen LogP contribution in [0.15, 0.2) is 42.5 Å². The first-order valence-electron chi connectivity index (χ1n) is 9.05. The number of carbonyl (C=O) groups is 1. The number of carbonyl (C=O) groups excluding carboxylic acids is 1. The van der Waals surface area contributed by atoms with E-state index in [0.29, 0.717) is 32.5 Å². The predicted molar refractivity (Wildman–Crippen MR) is 97.3 cm³/mol. The fourth-order valence-electron chi connectivity index (χ4n) is 3.34.